The number of alkyl halides is 3. The van der Waals surface area contributed by atoms with Crippen LogP contribution in [-0.4, -0.2) is 13.1 Å². The molecule has 1 heterocycles. The zero-order valence-electron chi connectivity index (χ0n) is 12.4. The van der Waals surface area contributed by atoms with Crippen LogP contribution in [0.2, 0.25) is 0 Å². The third-order valence-corrected chi connectivity index (χ3v) is 4.24. The summed E-state index contributed by atoms with van der Waals surface area (Å²) in [6, 6.07) is 11.6. The summed E-state index contributed by atoms with van der Waals surface area (Å²) in [6.07, 6.45) is -3.33. The Labute approximate surface area is 128 Å². The fourth-order valence-electron chi connectivity index (χ4n) is 2.99. The third-order valence-electron chi connectivity index (χ3n) is 4.24. The first-order chi connectivity index (χ1) is 10.4. The van der Waals surface area contributed by atoms with E-state index in [1.165, 1.54) is 11.1 Å². The minimum absolute atomic E-state index is 0.458. The van der Waals surface area contributed by atoms with Gasteiger partial charge in [0.1, 0.15) is 0 Å². The predicted molar refractivity (Wildman–Crippen MR) is 81.9 cm³/mol. The summed E-state index contributed by atoms with van der Waals surface area (Å²) in [5, 5.41) is 3.40. The van der Waals surface area contributed by atoms with Crippen LogP contribution in [0, 0.1) is 0 Å². The summed E-state index contributed by atoms with van der Waals surface area (Å²) in [7, 11) is 0. The fraction of sp³-hybridized carbons (Fsp3) is 0.333. The molecule has 0 aromatic heterocycles. The van der Waals surface area contributed by atoms with E-state index >= 15 is 0 Å². The molecule has 22 heavy (non-hydrogen) atoms. The molecule has 0 amide bonds. The zero-order valence-corrected chi connectivity index (χ0v) is 12.4. The molecule has 0 bridgehead atoms. The van der Waals surface area contributed by atoms with Crippen LogP contribution in [0.3, 0.4) is 0 Å². The van der Waals surface area contributed by atoms with Crippen molar-refractivity contribution in [3.63, 3.8) is 0 Å². The smallest absolute Gasteiger partial charge is 0.316 e. The molecule has 4 heteroatoms. The lowest BCUT2D eigenvalue weighted by Gasteiger charge is -2.14. The maximum Gasteiger partial charge on any atom is 0.416 e. The van der Waals surface area contributed by atoms with Crippen LogP contribution in [0.1, 0.15) is 29.5 Å². The lowest BCUT2D eigenvalue weighted by atomic mass is 9.91. The van der Waals surface area contributed by atoms with Gasteiger partial charge in [-0.25, -0.2) is 0 Å². The Hall–Kier alpha value is -1.81. The number of hydrogen-bond acceptors (Lipinski definition) is 1. The number of benzene rings is 2. The van der Waals surface area contributed by atoms with Crippen molar-refractivity contribution in [2.24, 2.45) is 0 Å². The van der Waals surface area contributed by atoms with E-state index in [1.807, 2.05) is 6.07 Å². The topological polar surface area (TPSA) is 12.0 Å². The second kappa shape index (κ2) is 5.76. The number of hydrogen-bond donors (Lipinski definition) is 1. The largest absolute Gasteiger partial charge is 0.416 e. The molecular formula is C18H18F3N. The maximum absolute atomic E-state index is 12.6. The van der Waals surface area contributed by atoms with Crippen LogP contribution >= 0.6 is 0 Å². The van der Waals surface area contributed by atoms with Gasteiger partial charge in [-0.3, -0.25) is 0 Å². The quantitative estimate of drug-likeness (QED) is 0.810. The molecule has 0 unspecified atom stereocenters. The molecule has 2 aromatic rings. The molecular weight excluding hydrogens is 287 g/mol. The molecule has 1 aliphatic heterocycles. The zero-order chi connectivity index (χ0) is 15.7. The second-order valence-electron chi connectivity index (χ2n) is 5.84. The van der Waals surface area contributed by atoms with Crippen molar-refractivity contribution in [3.05, 3.63) is 59.2 Å². The van der Waals surface area contributed by atoms with Crippen molar-refractivity contribution in [1.29, 1.82) is 0 Å². The van der Waals surface area contributed by atoms with Gasteiger partial charge in [-0.15, -0.1) is 0 Å². The molecule has 0 spiro atoms. The van der Waals surface area contributed by atoms with Gasteiger partial charge in [-0.2, -0.15) is 13.2 Å². The third kappa shape index (κ3) is 3.02. The van der Waals surface area contributed by atoms with E-state index in [2.05, 4.69) is 24.4 Å². The highest BCUT2D eigenvalue weighted by molar-refractivity contribution is 5.65. The van der Waals surface area contributed by atoms with Crippen LogP contribution in [0.15, 0.2) is 42.5 Å². The molecule has 0 radical (unpaired) electrons. The molecule has 0 fully saturated rings. The average Bonchev–Trinajstić information content (AvgIpc) is 2.68. The Bertz CT molecular complexity index is 659. The molecule has 1 N–H and O–H groups in total. The van der Waals surface area contributed by atoms with Crippen LogP contribution in [0.4, 0.5) is 13.2 Å². The number of rotatable bonds is 1. The highest BCUT2D eigenvalue weighted by Gasteiger charge is 2.30. The maximum atomic E-state index is 12.6. The molecule has 2 aromatic carbocycles. The summed E-state index contributed by atoms with van der Waals surface area (Å²) < 4.78 is 37.9. The van der Waals surface area contributed by atoms with E-state index in [4.69, 9.17) is 0 Å². The Balaban J connectivity index is 1.94. The van der Waals surface area contributed by atoms with E-state index in [0.29, 0.717) is 5.92 Å². The molecule has 3 rings (SSSR count). The molecule has 0 saturated heterocycles. The Morgan fingerprint density at radius 3 is 2.36 bits per heavy atom. The van der Waals surface area contributed by atoms with Crippen molar-refractivity contribution in [1.82, 2.24) is 5.32 Å². The molecule has 1 aliphatic rings. The Kier molecular flexibility index (Phi) is 3.96. The summed E-state index contributed by atoms with van der Waals surface area (Å²) in [6.45, 7) is 4.09. The summed E-state index contributed by atoms with van der Waals surface area (Å²) in [5.41, 5.74) is 3.81. The average molecular weight is 305 g/mol. The number of nitrogens with one attached hydrogen (secondary N) is 1. The van der Waals surface area contributed by atoms with Gasteiger partial charge in [0.05, 0.1) is 5.56 Å². The standard InChI is InChI=1S/C18H18F3N/c1-12-11-22-9-8-15-10-14(4-7-17(12)15)13-2-5-16(6-3-13)18(19,20)21/h2-7,10,12,22H,8-9,11H2,1H3/t12-/m0/s1. The monoisotopic (exact) mass is 305 g/mol. The summed E-state index contributed by atoms with van der Waals surface area (Å²) >= 11 is 0. The minimum Gasteiger partial charge on any atom is -0.316 e. The van der Waals surface area contributed by atoms with E-state index in [-0.39, 0.29) is 0 Å². The van der Waals surface area contributed by atoms with Gasteiger partial charge in [0, 0.05) is 6.54 Å². The molecule has 0 saturated carbocycles. The van der Waals surface area contributed by atoms with E-state index in [9.17, 15) is 13.2 Å². The van der Waals surface area contributed by atoms with Crippen LogP contribution < -0.4 is 5.32 Å². The molecule has 1 nitrogen and oxygen atoms in total. The number of fused-ring (bicyclic) bond motifs is 1. The van der Waals surface area contributed by atoms with Crippen molar-refractivity contribution in [2.45, 2.75) is 25.4 Å². The first kappa shape index (κ1) is 15.1. The van der Waals surface area contributed by atoms with Crippen molar-refractivity contribution in [2.75, 3.05) is 13.1 Å². The summed E-state index contributed by atoms with van der Waals surface area (Å²) in [5.74, 6) is 0.458. The van der Waals surface area contributed by atoms with Gasteiger partial charge in [0.2, 0.25) is 0 Å². The van der Waals surface area contributed by atoms with E-state index < -0.39 is 11.7 Å². The van der Waals surface area contributed by atoms with Gasteiger partial charge < -0.3 is 5.32 Å². The minimum atomic E-state index is -4.28. The highest BCUT2D eigenvalue weighted by atomic mass is 19.4. The van der Waals surface area contributed by atoms with Crippen molar-refractivity contribution >= 4 is 0 Å². The lowest BCUT2D eigenvalue weighted by Crippen LogP contribution is -2.18. The van der Waals surface area contributed by atoms with Crippen molar-refractivity contribution < 1.29 is 13.2 Å². The lowest BCUT2D eigenvalue weighted by molar-refractivity contribution is -0.137. The molecule has 1 atom stereocenters. The van der Waals surface area contributed by atoms with Crippen LogP contribution in [0.25, 0.3) is 11.1 Å². The first-order valence-electron chi connectivity index (χ1n) is 7.46. The second-order valence-corrected chi connectivity index (χ2v) is 5.84. The van der Waals surface area contributed by atoms with Gasteiger partial charge >= 0.3 is 6.18 Å². The van der Waals surface area contributed by atoms with Gasteiger partial charge in [0.25, 0.3) is 0 Å². The normalized spacial score (nSPS) is 18.6. The van der Waals surface area contributed by atoms with Crippen LogP contribution in [-0.2, 0) is 12.6 Å². The van der Waals surface area contributed by atoms with E-state index in [1.54, 1.807) is 12.1 Å². The SMILES string of the molecule is C[C@H]1CNCCc2cc(-c3ccc(C(F)(F)F)cc3)ccc21. The highest BCUT2D eigenvalue weighted by Crippen LogP contribution is 2.32. The molecule has 0 aliphatic carbocycles. The number of halogens is 3. The van der Waals surface area contributed by atoms with Gasteiger partial charge in [-0.05, 0) is 53.3 Å². The molecule has 116 valence electrons. The van der Waals surface area contributed by atoms with Crippen molar-refractivity contribution in [3.8, 4) is 11.1 Å². The Morgan fingerprint density at radius 2 is 1.68 bits per heavy atom. The van der Waals surface area contributed by atoms with Gasteiger partial charge in [0.15, 0.2) is 0 Å². The first-order valence-corrected chi connectivity index (χ1v) is 7.46. The van der Waals surface area contributed by atoms with Crippen LogP contribution in [0.5, 0.6) is 0 Å². The van der Waals surface area contributed by atoms with Gasteiger partial charge in [-0.1, -0.05) is 37.3 Å². The predicted octanol–water partition coefficient (Wildman–Crippen LogP) is 4.62. The summed E-state index contributed by atoms with van der Waals surface area (Å²) in [4.78, 5) is 0. The Morgan fingerprint density at radius 1 is 1.00 bits per heavy atom. The fourth-order valence-corrected chi connectivity index (χ4v) is 2.99. The van der Waals surface area contributed by atoms with E-state index in [0.717, 1.165) is 42.8 Å².